The maximum absolute atomic E-state index is 4.35. The van der Waals surface area contributed by atoms with Crippen LogP contribution in [-0.2, 0) is 0 Å². The summed E-state index contributed by atoms with van der Waals surface area (Å²) in [5.74, 6) is 1.82. The van der Waals surface area contributed by atoms with Crippen molar-refractivity contribution in [2.75, 3.05) is 33.2 Å². The smallest absolute Gasteiger partial charge is 0.191 e. The fourth-order valence-electron chi connectivity index (χ4n) is 3.03. The molecule has 118 valence electrons. The van der Waals surface area contributed by atoms with Crippen LogP contribution in [0.4, 0.5) is 0 Å². The molecule has 2 N–H and O–H groups in total. The van der Waals surface area contributed by atoms with Gasteiger partial charge in [-0.3, -0.25) is 4.99 Å². The fourth-order valence-corrected chi connectivity index (χ4v) is 3.03. The lowest BCUT2D eigenvalue weighted by molar-refractivity contribution is 0.291. The van der Waals surface area contributed by atoms with Crippen molar-refractivity contribution >= 4 is 5.96 Å². The first-order valence-electron chi connectivity index (χ1n) is 8.39. The average Bonchev–Trinajstić information content (AvgIpc) is 2.45. The third-order valence-electron chi connectivity index (χ3n) is 4.21. The van der Waals surface area contributed by atoms with Crippen LogP contribution in [0.2, 0.25) is 0 Å². The first-order valence-corrected chi connectivity index (χ1v) is 8.39. The van der Waals surface area contributed by atoms with Gasteiger partial charge in [0.25, 0.3) is 0 Å². The van der Waals surface area contributed by atoms with E-state index in [0.717, 1.165) is 31.5 Å². The zero-order valence-corrected chi connectivity index (χ0v) is 13.9. The lowest BCUT2D eigenvalue weighted by Crippen LogP contribution is -2.47. The highest BCUT2D eigenvalue weighted by molar-refractivity contribution is 5.79. The second-order valence-electron chi connectivity index (χ2n) is 6.05. The van der Waals surface area contributed by atoms with E-state index in [1.54, 1.807) is 0 Å². The van der Waals surface area contributed by atoms with E-state index >= 15 is 0 Å². The van der Waals surface area contributed by atoms with Crippen molar-refractivity contribution in [1.82, 2.24) is 15.5 Å². The third kappa shape index (κ3) is 6.60. The molecule has 0 radical (unpaired) electrons. The number of guanidine groups is 1. The number of aliphatic imine (C=N–C) groups is 1. The molecule has 2 unspecified atom stereocenters. The van der Waals surface area contributed by atoms with Crippen LogP contribution < -0.4 is 10.6 Å². The molecule has 4 nitrogen and oxygen atoms in total. The van der Waals surface area contributed by atoms with Crippen molar-refractivity contribution in [2.24, 2.45) is 10.9 Å². The molecule has 20 heavy (non-hydrogen) atoms. The summed E-state index contributed by atoms with van der Waals surface area (Å²) in [7, 11) is 1.87. The third-order valence-corrected chi connectivity index (χ3v) is 4.21. The van der Waals surface area contributed by atoms with E-state index in [-0.39, 0.29) is 0 Å². The zero-order chi connectivity index (χ0) is 14.8. The highest BCUT2D eigenvalue weighted by atomic mass is 15.2. The minimum Gasteiger partial charge on any atom is -0.355 e. The minimum atomic E-state index is 0.600. The molecule has 0 aromatic rings. The highest BCUT2D eigenvalue weighted by Gasteiger charge is 2.19. The fraction of sp³-hybridized carbons (Fsp3) is 0.938. The van der Waals surface area contributed by atoms with Gasteiger partial charge in [0, 0.05) is 26.2 Å². The van der Waals surface area contributed by atoms with Crippen LogP contribution >= 0.6 is 0 Å². The summed E-state index contributed by atoms with van der Waals surface area (Å²) in [6.45, 7) is 11.2. The predicted octanol–water partition coefficient (Wildman–Crippen LogP) is 2.46. The van der Waals surface area contributed by atoms with Crippen LogP contribution in [0.5, 0.6) is 0 Å². The zero-order valence-electron chi connectivity index (χ0n) is 13.9. The van der Waals surface area contributed by atoms with Crippen molar-refractivity contribution in [3.05, 3.63) is 0 Å². The predicted molar refractivity (Wildman–Crippen MR) is 88.3 cm³/mol. The second-order valence-corrected chi connectivity index (χ2v) is 6.05. The van der Waals surface area contributed by atoms with Gasteiger partial charge in [0.15, 0.2) is 5.96 Å². The Morgan fingerprint density at radius 2 is 2.05 bits per heavy atom. The molecule has 0 aromatic carbocycles. The Morgan fingerprint density at radius 1 is 1.25 bits per heavy atom. The summed E-state index contributed by atoms with van der Waals surface area (Å²) in [5.41, 5.74) is 0. The molecule has 0 saturated heterocycles. The molecule has 1 aliphatic carbocycles. The Balaban J connectivity index is 2.25. The molecule has 0 aliphatic heterocycles. The topological polar surface area (TPSA) is 39.7 Å². The van der Waals surface area contributed by atoms with Gasteiger partial charge in [-0.05, 0) is 38.3 Å². The molecule has 2 atom stereocenters. The van der Waals surface area contributed by atoms with E-state index in [1.807, 2.05) is 7.05 Å². The van der Waals surface area contributed by atoms with Gasteiger partial charge >= 0.3 is 0 Å². The highest BCUT2D eigenvalue weighted by Crippen LogP contribution is 2.23. The van der Waals surface area contributed by atoms with E-state index in [4.69, 9.17) is 0 Å². The van der Waals surface area contributed by atoms with Gasteiger partial charge in [0.1, 0.15) is 0 Å². The number of hydrogen-bond acceptors (Lipinski definition) is 2. The summed E-state index contributed by atoms with van der Waals surface area (Å²) in [6, 6.07) is 0.600. The van der Waals surface area contributed by atoms with Gasteiger partial charge in [-0.2, -0.15) is 0 Å². The molecule has 0 amide bonds. The van der Waals surface area contributed by atoms with Crippen molar-refractivity contribution < 1.29 is 0 Å². The molecule has 0 heterocycles. The summed E-state index contributed by atoms with van der Waals surface area (Å²) in [4.78, 5) is 6.83. The van der Waals surface area contributed by atoms with Crippen LogP contribution in [0.1, 0.15) is 52.9 Å². The lowest BCUT2D eigenvalue weighted by Gasteiger charge is -2.29. The molecule has 0 bridgehead atoms. The lowest BCUT2D eigenvalue weighted by atomic mass is 9.87. The minimum absolute atomic E-state index is 0.600. The normalized spacial score (nSPS) is 23.9. The maximum atomic E-state index is 4.35. The van der Waals surface area contributed by atoms with Crippen LogP contribution in [0, 0.1) is 5.92 Å². The number of likely N-dealkylation sites (N-methyl/N-ethyl adjacent to an activating group) is 1. The van der Waals surface area contributed by atoms with Gasteiger partial charge in [-0.25, -0.2) is 0 Å². The Kier molecular flexibility index (Phi) is 8.67. The number of nitrogens with zero attached hydrogens (tertiary/aromatic N) is 2. The molecule has 4 heteroatoms. The van der Waals surface area contributed by atoms with Crippen molar-refractivity contribution in [1.29, 1.82) is 0 Å². The van der Waals surface area contributed by atoms with Gasteiger partial charge in [-0.15, -0.1) is 0 Å². The summed E-state index contributed by atoms with van der Waals surface area (Å²) in [5, 5.41) is 7.03. The molecular formula is C16H34N4. The summed E-state index contributed by atoms with van der Waals surface area (Å²) in [6.07, 6.45) is 6.50. The second kappa shape index (κ2) is 10.0. The van der Waals surface area contributed by atoms with E-state index in [0.29, 0.717) is 6.04 Å². The van der Waals surface area contributed by atoms with Gasteiger partial charge in [0.2, 0.25) is 0 Å². The Labute approximate surface area is 125 Å². The number of rotatable bonds is 7. The largest absolute Gasteiger partial charge is 0.355 e. The van der Waals surface area contributed by atoms with E-state index in [2.05, 4.69) is 41.3 Å². The summed E-state index contributed by atoms with van der Waals surface area (Å²) >= 11 is 0. The van der Waals surface area contributed by atoms with Crippen LogP contribution in [-0.4, -0.2) is 50.1 Å². The van der Waals surface area contributed by atoms with Crippen molar-refractivity contribution in [3.63, 3.8) is 0 Å². The van der Waals surface area contributed by atoms with Crippen molar-refractivity contribution in [3.8, 4) is 0 Å². The van der Waals surface area contributed by atoms with E-state index < -0.39 is 0 Å². The quantitative estimate of drug-likeness (QED) is 0.556. The molecule has 0 spiro atoms. The van der Waals surface area contributed by atoms with Gasteiger partial charge in [-0.1, -0.05) is 33.6 Å². The van der Waals surface area contributed by atoms with Crippen LogP contribution in [0.3, 0.4) is 0 Å². The Bertz CT molecular complexity index is 278. The first-order chi connectivity index (χ1) is 9.69. The standard InChI is InChI=1S/C16H34N4/c1-5-11-20(6-2)12-10-18-16(17-4)19-15-9-7-8-14(3)13-15/h14-15H,5-13H2,1-4H3,(H2,17,18,19). The Morgan fingerprint density at radius 3 is 2.65 bits per heavy atom. The van der Waals surface area contributed by atoms with Crippen LogP contribution in [0.25, 0.3) is 0 Å². The first kappa shape index (κ1) is 17.3. The Hall–Kier alpha value is -0.770. The number of hydrogen-bond donors (Lipinski definition) is 2. The van der Waals surface area contributed by atoms with E-state index in [1.165, 1.54) is 38.6 Å². The SMILES string of the molecule is CCCN(CC)CCNC(=NC)NC1CCCC(C)C1. The molecule has 1 fully saturated rings. The van der Waals surface area contributed by atoms with Gasteiger partial charge < -0.3 is 15.5 Å². The van der Waals surface area contributed by atoms with E-state index in [9.17, 15) is 0 Å². The number of nitrogens with one attached hydrogen (secondary N) is 2. The van der Waals surface area contributed by atoms with Gasteiger partial charge in [0.05, 0.1) is 0 Å². The molecule has 0 aromatic heterocycles. The monoisotopic (exact) mass is 282 g/mol. The molecule has 1 saturated carbocycles. The molecular weight excluding hydrogens is 248 g/mol. The molecule has 1 aliphatic rings. The van der Waals surface area contributed by atoms with Crippen LogP contribution in [0.15, 0.2) is 4.99 Å². The summed E-state index contributed by atoms with van der Waals surface area (Å²) < 4.78 is 0. The maximum Gasteiger partial charge on any atom is 0.191 e. The van der Waals surface area contributed by atoms with Crippen molar-refractivity contribution in [2.45, 2.75) is 58.9 Å². The average molecular weight is 282 g/mol. The molecule has 1 rings (SSSR count).